The second-order valence-corrected chi connectivity index (χ2v) is 7.50. The van der Waals surface area contributed by atoms with E-state index in [9.17, 15) is 19.8 Å². The number of imidazole rings is 1. The molecule has 37 heavy (non-hydrogen) atoms. The average Bonchev–Trinajstić information content (AvgIpc) is 3.38. The number of benzene rings is 2. The summed E-state index contributed by atoms with van der Waals surface area (Å²) in [6.45, 7) is 0. The Morgan fingerprint density at radius 2 is 1.43 bits per heavy atom. The number of methoxy groups -OCH3 is 2. The van der Waals surface area contributed by atoms with E-state index in [0.717, 1.165) is 0 Å². The van der Waals surface area contributed by atoms with Crippen LogP contribution in [0.4, 0.5) is 5.82 Å². The zero-order valence-corrected chi connectivity index (χ0v) is 20.1. The van der Waals surface area contributed by atoms with Gasteiger partial charge in [-0.3, -0.25) is 9.59 Å². The van der Waals surface area contributed by atoms with E-state index in [4.69, 9.17) is 15.2 Å². The van der Waals surface area contributed by atoms with Crippen molar-refractivity contribution in [3.8, 4) is 23.0 Å². The van der Waals surface area contributed by atoms with Crippen molar-refractivity contribution in [3.63, 3.8) is 0 Å². The zero-order valence-electron chi connectivity index (χ0n) is 20.1. The van der Waals surface area contributed by atoms with E-state index in [-0.39, 0.29) is 29.5 Å². The lowest BCUT2D eigenvalue weighted by Crippen LogP contribution is -2.01. The number of nitrogen functional groups attached to an aromatic ring is 1. The minimum atomic E-state index is -0.347. The number of fused-ring (bicyclic) bond motifs is 1. The molecule has 0 aliphatic heterocycles. The summed E-state index contributed by atoms with van der Waals surface area (Å²) in [6, 6.07) is 9.34. The first-order valence-electron chi connectivity index (χ1n) is 10.9. The molecule has 0 bridgehead atoms. The monoisotopic (exact) mass is 503 g/mol. The van der Waals surface area contributed by atoms with Gasteiger partial charge < -0.3 is 30.4 Å². The highest BCUT2D eigenvalue weighted by Crippen LogP contribution is 2.27. The number of nitrogens with one attached hydrogen (secondary N) is 1. The van der Waals surface area contributed by atoms with E-state index >= 15 is 0 Å². The summed E-state index contributed by atoms with van der Waals surface area (Å²) in [5.41, 5.74) is 8.11. The molecule has 4 aromatic rings. The van der Waals surface area contributed by atoms with Gasteiger partial charge in [-0.25, -0.2) is 15.0 Å². The smallest absolute Gasteiger partial charge is 0.182 e. The predicted octanol–water partition coefficient (Wildman–Crippen LogP) is 3.31. The van der Waals surface area contributed by atoms with Gasteiger partial charge in [-0.2, -0.15) is 0 Å². The maximum absolute atomic E-state index is 11.9. The average molecular weight is 504 g/mol. The first-order valence-corrected chi connectivity index (χ1v) is 10.9. The number of aromatic hydroxyl groups is 2. The summed E-state index contributed by atoms with van der Waals surface area (Å²) < 4.78 is 10.00. The number of carbonyl (C=O) groups excluding carboxylic acids is 2. The predicted molar refractivity (Wildman–Crippen MR) is 138 cm³/mol. The standard InChI is InChI=1S/C21H20O6.C5H5N5/c1-26-20-11-14(5-9-18(20)24)3-7-16(22)13-17(23)8-4-15-6-10-19(25)21(12-15)27-2;6-4-3-5(9-1-7-3)10-2-8-4/h3-12,24-25H,13H2,1-2H3;1-2H,(H3,6,7,8,9,10)/b7-3+,8-4+;. The molecule has 2 aromatic carbocycles. The Labute approximate surface area is 211 Å². The van der Waals surface area contributed by atoms with Crippen LogP contribution in [0, 0.1) is 0 Å². The van der Waals surface area contributed by atoms with E-state index in [1.54, 1.807) is 36.4 Å². The van der Waals surface area contributed by atoms with Gasteiger partial charge in [-0.05, 0) is 47.5 Å². The van der Waals surface area contributed by atoms with Crippen LogP contribution >= 0.6 is 0 Å². The molecule has 0 unspecified atom stereocenters. The highest BCUT2D eigenvalue weighted by atomic mass is 16.5. The number of ether oxygens (including phenoxy) is 2. The third kappa shape index (κ3) is 7.39. The molecule has 0 spiro atoms. The van der Waals surface area contributed by atoms with Crippen LogP contribution in [0.1, 0.15) is 17.5 Å². The number of carbonyl (C=O) groups is 2. The number of ketones is 2. The van der Waals surface area contributed by atoms with E-state index in [1.807, 2.05) is 0 Å². The largest absolute Gasteiger partial charge is 0.504 e. The van der Waals surface area contributed by atoms with Crippen LogP contribution in [-0.4, -0.2) is 55.9 Å². The van der Waals surface area contributed by atoms with Gasteiger partial charge in [0.1, 0.15) is 11.8 Å². The number of rotatable bonds is 8. The lowest BCUT2D eigenvalue weighted by atomic mass is 10.1. The quantitative estimate of drug-likeness (QED) is 0.206. The number of H-pyrrole nitrogens is 1. The Balaban J connectivity index is 0.000000313. The normalized spacial score (nSPS) is 10.9. The van der Waals surface area contributed by atoms with E-state index in [2.05, 4.69) is 19.9 Å². The molecule has 0 aliphatic carbocycles. The van der Waals surface area contributed by atoms with Gasteiger partial charge in [0, 0.05) is 0 Å². The lowest BCUT2D eigenvalue weighted by Gasteiger charge is -2.03. The van der Waals surface area contributed by atoms with Gasteiger partial charge in [-0.15, -0.1) is 0 Å². The van der Waals surface area contributed by atoms with Crippen LogP contribution in [0.25, 0.3) is 23.3 Å². The summed E-state index contributed by atoms with van der Waals surface area (Å²) in [6.07, 6.45) is 8.37. The molecule has 0 fully saturated rings. The summed E-state index contributed by atoms with van der Waals surface area (Å²) in [4.78, 5) is 38.2. The SMILES string of the molecule is COc1cc(/C=C/C(=O)CC(=O)/C=C/c2ccc(O)c(OC)c2)ccc1O.Nc1ncnc2nc[nH]c12. The Hall–Kier alpha value is -5.19. The second-order valence-electron chi connectivity index (χ2n) is 7.50. The number of allylic oxidation sites excluding steroid dienone is 2. The fraction of sp³-hybridized carbons (Fsp3) is 0.115. The van der Waals surface area contributed by atoms with Crippen molar-refractivity contribution in [2.45, 2.75) is 6.42 Å². The van der Waals surface area contributed by atoms with Gasteiger partial charge >= 0.3 is 0 Å². The fourth-order valence-corrected chi connectivity index (χ4v) is 3.05. The number of phenols is 2. The second kappa shape index (κ2) is 12.5. The number of nitrogens with two attached hydrogens (primary N) is 1. The molecule has 0 aliphatic rings. The summed E-state index contributed by atoms with van der Waals surface area (Å²) >= 11 is 0. The highest BCUT2D eigenvalue weighted by Gasteiger charge is 2.06. The van der Waals surface area contributed by atoms with E-state index in [0.29, 0.717) is 39.6 Å². The van der Waals surface area contributed by atoms with Crippen LogP contribution in [0.3, 0.4) is 0 Å². The number of nitrogens with zero attached hydrogens (tertiary/aromatic N) is 3. The van der Waals surface area contributed by atoms with Crippen LogP contribution in [0.15, 0.2) is 61.2 Å². The van der Waals surface area contributed by atoms with Crippen molar-refractivity contribution in [2.24, 2.45) is 0 Å². The van der Waals surface area contributed by atoms with Crippen LogP contribution in [-0.2, 0) is 9.59 Å². The minimum Gasteiger partial charge on any atom is -0.504 e. The molecule has 2 heterocycles. The third-order valence-corrected chi connectivity index (χ3v) is 4.93. The molecule has 0 atom stereocenters. The minimum absolute atomic E-state index is 0.00662. The van der Waals surface area contributed by atoms with Crippen molar-refractivity contribution < 1.29 is 29.3 Å². The first-order chi connectivity index (χ1) is 17.8. The number of hydrogen-bond donors (Lipinski definition) is 4. The van der Waals surface area contributed by atoms with Gasteiger partial charge in [-0.1, -0.05) is 24.3 Å². The fourth-order valence-electron chi connectivity index (χ4n) is 3.05. The Morgan fingerprint density at radius 3 is 1.92 bits per heavy atom. The van der Waals surface area contributed by atoms with Crippen molar-refractivity contribution in [1.29, 1.82) is 0 Å². The molecule has 0 saturated carbocycles. The molecule has 0 radical (unpaired) electrons. The summed E-state index contributed by atoms with van der Waals surface area (Å²) in [5, 5.41) is 19.1. The lowest BCUT2D eigenvalue weighted by molar-refractivity contribution is -0.121. The third-order valence-electron chi connectivity index (χ3n) is 4.93. The van der Waals surface area contributed by atoms with Gasteiger partial charge in [0.2, 0.25) is 0 Å². The van der Waals surface area contributed by atoms with Gasteiger partial charge in [0.25, 0.3) is 0 Å². The van der Waals surface area contributed by atoms with Crippen LogP contribution in [0.2, 0.25) is 0 Å². The van der Waals surface area contributed by atoms with E-state index in [1.165, 1.54) is 51.2 Å². The molecule has 5 N–H and O–H groups in total. The molecule has 2 aromatic heterocycles. The molecular formula is C26H25N5O6. The molecular weight excluding hydrogens is 478 g/mol. The number of aromatic amines is 1. The Morgan fingerprint density at radius 1 is 0.892 bits per heavy atom. The molecule has 4 rings (SSSR count). The molecule has 11 heteroatoms. The van der Waals surface area contributed by atoms with Crippen molar-refractivity contribution in [3.05, 3.63) is 72.3 Å². The topological polar surface area (TPSA) is 174 Å². The Bertz CT molecular complexity index is 1390. The molecule has 0 amide bonds. The summed E-state index contributed by atoms with van der Waals surface area (Å²) in [5.74, 6) is 0.350. The van der Waals surface area contributed by atoms with Gasteiger partial charge in [0.05, 0.1) is 27.0 Å². The van der Waals surface area contributed by atoms with Crippen LogP contribution < -0.4 is 15.2 Å². The highest BCUT2D eigenvalue weighted by molar-refractivity contribution is 6.10. The number of phenolic OH excluding ortho intramolecular Hbond substituents is 2. The van der Waals surface area contributed by atoms with Crippen molar-refractivity contribution in [2.75, 3.05) is 20.0 Å². The van der Waals surface area contributed by atoms with Crippen LogP contribution in [0.5, 0.6) is 23.0 Å². The molecule has 11 nitrogen and oxygen atoms in total. The van der Waals surface area contributed by atoms with Crippen molar-refractivity contribution >= 4 is 40.7 Å². The zero-order chi connectivity index (χ0) is 26.8. The molecule has 0 saturated heterocycles. The first kappa shape index (κ1) is 26.4. The number of hydrogen-bond acceptors (Lipinski definition) is 10. The maximum atomic E-state index is 11.9. The maximum Gasteiger partial charge on any atom is 0.182 e. The van der Waals surface area contributed by atoms with Gasteiger partial charge in [0.15, 0.2) is 46.0 Å². The number of anilines is 1. The number of aromatic nitrogens is 4. The Kier molecular flexibility index (Phi) is 8.92. The summed E-state index contributed by atoms with van der Waals surface area (Å²) in [7, 11) is 2.87. The van der Waals surface area contributed by atoms with E-state index < -0.39 is 0 Å². The van der Waals surface area contributed by atoms with Crippen molar-refractivity contribution in [1.82, 2.24) is 19.9 Å². The molecule has 190 valence electrons.